The second-order valence-electron chi connectivity index (χ2n) is 5.22. The van der Waals surface area contributed by atoms with Crippen molar-refractivity contribution < 1.29 is 0 Å². The van der Waals surface area contributed by atoms with E-state index in [2.05, 4.69) is 30.2 Å². The van der Waals surface area contributed by atoms with Gasteiger partial charge in [0.05, 0.1) is 11.4 Å². The molecule has 6 heteroatoms. The zero-order valence-corrected chi connectivity index (χ0v) is 12.3. The van der Waals surface area contributed by atoms with Crippen LogP contribution in [-0.4, -0.2) is 39.6 Å². The summed E-state index contributed by atoms with van der Waals surface area (Å²) < 4.78 is 0. The molecule has 0 aromatic carbocycles. The number of anilines is 2. The summed E-state index contributed by atoms with van der Waals surface area (Å²) in [4.78, 5) is 19.5. The van der Waals surface area contributed by atoms with Gasteiger partial charge in [-0.05, 0) is 19.8 Å². The van der Waals surface area contributed by atoms with Gasteiger partial charge in [-0.2, -0.15) is 0 Å². The van der Waals surface area contributed by atoms with Crippen LogP contribution in [0.5, 0.6) is 0 Å². The summed E-state index contributed by atoms with van der Waals surface area (Å²) >= 11 is 0. The number of rotatable bonds is 5. The number of nitrogens with one attached hydrogen (secondary N) is 1. The molecule has 3 rings (SSSR count). The molecule has 21 heavy (non-hydrogen) atoms. The molecule has 1 saturated heterocycles. The largest absolute Gasteiger partial charge is 0.370 e. The second-order valence-corrected chi connectivity index (χ2v) is 5.22. The first-order valence-corrected chi connectivity index (χ1v) is 7.40. The lowest BCUT2D eigenvalue weighted by Gasteiger charge is -2.16. The standard InChI is InChI=1S/C15H20N6/c1-12-13(17-7-6-16-12)4-5-18-14-10-15(20-11-19-14)21-8-2-3-9-21/h6-7,10-11H,2-5,8-9H2,1H3,(H,18,19,20). The Kier molecular flexibility index (Phi) is 4.23. The van der Waals surface area contributed by atoms with Crippen molar-refractivity contribution in [1.82, 2.24) is 19.9 Å². The second kappa shape index (κ2) is 6.47. The third-order valence-corrected chi connectivity index (χ3v) is 3.73. The molecule has 1 fully saturated rings. The zero-order valence-electron chi connectivity index (χ0n) is 12.3. The highest BCUT2D eigenvalue weighted by Gasteiger charge is 2.13. The van der Waals surface area contributed by atoms with Crippen molar-refractivity contribution in [3.63, 3.8) is 0 Å². The van der Waals surface area contributed by atoms with Crippen molar-refractivity contribution in [2.75, 3.05) is 29.9 Å². The van der Waals surface area contributed by atoms with Crippen molar-refractivity contribution >= 4 is 11.6 Å². The molecule has 0 amide bonds. The van der Waals surface area contributed by atoms with Crippen LogP contribution in [0.1, 0.15) is 24.2 Å². The molecule has 1 N–H and O–H groups in total. The molecule has 3 heterocycles. The van der Waals surface area contributed by atoms with Crippen LogP contribution in [0.4, 0.5) is 11.6 Å². The Morgan fingerprint density at radius 3 is 2.71 bits per heavy atom. The molecule has 0 radical (unpaired) electrons. The average Bonchev–Trinajstić information content (AvgIpc) is 3.04. The molecule has 110 valence electrons. The lowest BCUT2D eigenvalue weighted by Crippen LogP contribution is -2.19. The van der Waals surface area contributed by atoms with Crippen molar-refractivity contribution in [2.45, 2.75) is 26.2 Å². The van der Waals surface area contributed by atoms with Gasteiger partial charge in [0.1, 0.15) is 18.0 Å². The summed E-state index contributed by atoms with van der Waals surface area (Å²) in [5, 5.41) is 3.34. The summed E-state index contributed by atoms with van der Waals surface area (Å²) in [5.41, 5.74) is 2.01. The number of aryl methyl sites for hydroxylation is 1. The molecular weight excluding hydrogens is 264 g/mol. The predicted octanol–water partition coefficient (Wildman–Crippen LogP) is 1.83. The predicted molar refractivity (Wildman–Crippen MR) is 82.4 cm³/mol. The van der Waals surface area contributed by atoms with E-state index in [0.717, 1.165) is 49.1 Å². The summed E-state index contributed by atoms with van der Waals surface area (Å²) in [6.07, 6.45) is 8.42. The summed E-state index contributed by atoms with van der Waals surface area (Å²) in [6, 6.07) is 2.02. The quantitative estimate of drug-likeness (QED) is 0.903. The van der Waals surface area contributed by atoms with Crippen molar-refractivity contribution in [3.8, 4) is 0 Å². The Morgan fingerprint density at radius 1 is 1.10 bits per heavy atom. The van der Waals surface area contributed by atoms with E-state index < -0.39 is 0 Å². The lowest BCUT2D eigenvalue weighted by atomic mass is 10.2. The molecule has 1 aliphatic rings. The molecule has 1 aliphatic heterocycles. The molecule has 0 aliphatic carbocycles. The van der Waals surface area contributed by atoms with Gasteiger partial charge in [0.2, 0.25) is 0 Å². The van der Waals surface area contributed by atoms with Crippen LogP contribution in [0.15, 0.2) is 24.8 Å². The summed E-state index contributed by atoms with van der Waals surface area (Å²) in [7, 11) is 0. The molecule has 2 aromatic heterocycles. The van der Waals surface area contributed by atoms with Crippen molar-refractivity contribution in [3.05, 3.63) is 36.2 Å². The third-order valence-electron chi connectivity index (χ3n) is 3.73. The Hall–Kier alpha value is -2.24. The smallest absolute Gasteiger partial charge is 0.134 e. The number of hydrogen-bond acceptors (Lipinski definition) is 6. The number of nitrogens with zero attached hydrogens (tertiary/aromatic N) is 5. The van der Waals surface area contributed by atoms with Crippen LogP contribution >= 0.6 is 0 Å². The van der Waals surface area contributed by atoms with E-state index in [0.29, 0.717) is 0 Å². The Balaban J connectivity index is 1.58. The van der Waals surface area contributed by atoms with E-state index in [-0.39, 0.29) is 0 Å². The third kappa shape index (κ3) is 3.45. The number of hydrogen-bond donors (Lipinski definition) is 1. The Labute approximate surface area is 124 Å². The van der Waals surface area contributed by atoms with Gasteiger partial charge in [-0.25, -0.2) is 9.97 Å². The molecule has 6 nitrogen and oxygen atoms in total. The zero-order chi connectivity index (χ0) is 14.5. The summed E-state index contributed by atoms with van der Waals surface area (Å²) in [6.45, 7) is 4.96. The fourth-order valence-corrected chi connectivity index (χ4v) is 2.55. The van der Waals surface area contributed by atoms with Gasteiger partial charge in [0.15, 0.2) is 0 Å². The topological polar surface area (TPSA) is 66.8 Å². The van der Waals surface area contributed by atoms with Crippen LogP contribution in [-0.2, 0) is 6.42 Å². The molecule has 0 bridgehead atoms. The minimum atomic E-state index is 0.788. The average molecular weight is 284 g/mol. The lowest BCUT2D eigenvalue weighted by molar-refractivity contribution is 0.900. The van der Waals surface area contributed by atoms with E-state index in [1.165, 1.54) is 12.8 Å². The first-order chi connectivity index (χ1) is 10.3. The monoisotopic (exact) mass is 284 g/mol. The molecule has 2 aromatic rings. The summed E-state index contributed by atoms with van der Waals surface area (Å²) in [5.74, 6) is 1.88. The van der Waals surface area contributed by atoms with Crippen molar-refractivity contribution in [2.24, 2.45) is 0 Å². The van der Waals surface area contributed by atoms with Crippen LogP contribution in [0.25, 0.3) is 0 Å². The van der Waals surface area contributed by atoms with E-state index in [1.807, 2.05) is 13.0 Å². The van der Waals surface area contributed by atoms with Crippen LogP contribution in [0.3, 0.4) is 0 Å². The molecule has 0 spiro atoms. The van der Waals surface area contributed by atoms with E-state index in [1.54, 1.807) is 18.7 Å². The molecular formula is C15H20N6. The highest BCUT2D eigenvalue weighted by Crippen LogP contribution is 2.19. The fraction of sp³-hybridized carbons (Fsp3) is 0.467. The Morgan fingerprint density at radius 2 is 1.90 bits per heavy atom. The van der Waals surface area contributed by atoms with Crippen molar-refractivity contribution in [1.29, 1.82) is 0 Å². The maximum Gasteiger partial charge on any atom is 0.134 e. The van der Waals surface area contributed by atoms with E-state index in [4.69, 9.17) is 0 Å². The highest BCUT2D eigenvalue weighted by atomic mass is 15.2. The molecule has 0 saturated carbocycles. The minimum Gasteiger partial charge on any atom is -0.370 e. The van der Waals surface area contributed by atoms with Crippen LogP contribution in [0.2, 0.25) is 0 Å². The van der Waals surface area contributed by atoms with Gasteiger partial charge >= 0.3 is 0 Å². The first kappa shape index (κ1) is 13.7. The number of aromatic nitrogens is 4. The SMILES string of the molecule is Cc1nccnc1CCNc1cc(N2CCCC2)ncn1. The van der Waals surface area contributed by atoms with Gasteiger partial charge in [-0.1, -0.05) is 0 Å². The van der Waals surface area contributed by atoms with Gasteiger partial charge in [-0.3, -0.25) is 9.97 Å². The first-order valence-electron chi connectivity index (χ1n) is 7.40. The van der Waals surface area contributed by atoms with Crippen LogP contribution in [0, 0.1) is 6.92 Å². The molecule has 0 unspecified atom stereocenters. The van der Waals surface area contributed by atoms with Gasteiger partial charge in [-0.15, -0.1) is 0 Å². The minimum absolute atomic E-state index is 0.788. The van der Waals surface area contributed by atoms with E-state index >= 15 is 0 Å². The van der Waals surface area contributed by atoms with Crippen LogP contribution < -0.4 is 10.2 Å². The molecule has 0 atom stereocenters. The van der Waals surface area contributed by atoms with Gasteiger partial charge in [0.25, 0.3) is 0 Å². The maximum absolute atomic E-state index is 4.35. The van der Waals surface area contributed by atoms with Gasteiger partial charge in [0, 0.05) is 44.5 Å². The Bertz CT molecular complexity index is 594. The maximum atomic E-state index is 4.35. The van der Waals surface area contributed by atoms with E-state index in [9.17, 15) is 0 Å². The highest BCUT2D eigenvalue weighted by molar-refractivity contribution is 5.48. The normalized spacial score (nSPS) is 14.4. The van der Waals surface area contributed by atoms with Gasteiger partial charge < -0.3 is 10.2 Å². The fourth-order valence-electron chi connectivity index (χ4n) is 2.55.